The fraction of sp³-hybridized carbons (Fsp3) is 0.500. The molecule has 9 heteroatoms. The zero-order valence-corrected chi connectivity index (χ0v) is 21.9. The second-order valence-corrected chi connectivity index (χ2v) is 11.3. The van der Waals surface area contributed by atoms with Crippen molar-refractivity contribution >= 4 is 38.9 Å². The molecule has 2 aliphatic rings. The smallest absolute Gasteiger partial charge is 0.243 e. The van der Waals surface area contributed by atoms with Gasteiger partial charge in [-0.25, -0.2) is 13.1 Å². The van der Waals surface area contributed by atoms with Crippen LogP contribution >= 0.6 is 11.6 Å². The number of carbonyl (C=O) groups is 1. The van der Waals surface area contributed by atoms with E-state index in [-0.39, 0.29) is 16.8 Å². The third-order valence-electron chi connectivity index (χ3n) is 6.90. The molecule has 4 rings (SSSR count). The number of likely N-dealkylation sites (N-methyl/N-ethyl adjacent to an activating group) is 1. The number of nitrogens with zero attached hydrogens (tertiary/aromatic N) is 2. The van der Waals surface area contributed by atoms with Crippen molar-refractivity contribution < 1.29 is 13.2 Å². The number of piperazine rings is 1. The van der Waals surface area contributed by atoms with Crippen LogP contribution in [0.15, 0.2) is 47.4 Å². The Morgan fingerprint density at radius 1 is 1.11 bits per heavy atom. The predicted molar refractivity (Wildman–Crippen MR) is 142 cm³/mol. The molecule has 1 aliphatic carbocycles. The summed E-state index contributed by atoms with van der Waals surface area (Å²) in [5.74, 6) is 0.232. The number of rotatable bonds is 9. The van der Waals surface area contributed by atoms with E-state index in [1.165, 1.54) is 5.56 Å². The van der Waals surface area contributed by atoms with Gasteiger partial charge in [0.15, 0.2) is 0 Å². The van der Waals surface area contributed by atoms with E-state index in [1.807, 2.05) is 24.3 Å². The summed E-state index contributed by atoms with van der Waals surface area (Å²) >= 11 is 5.71. The highest BCUT2D eigenvalue weighted by Gasteiger charge is 2.30. The molecule has 0 unspecified atom stereocenters. The van der Waals surface area contributed by atoms with Gasteiger partial charge in [0.2, 0.25) is 15.9 Å². The Kier molecular flexibility index (Phi) is 8.70. The molecule has 1 atom stereocenters. The lowest BCUT2D eigenvalue weighted by molar-refractivity contribution is -0.116. The molecule has 35 heavy (non-hydrogen) atoms. The molecule has 1 aliphatic heterocycles. The largest absolute Gasteiger partial charge is 0.368 e. The van der Waals surface area contributed by atoms with E-state index in [0.717, 1.165) is 57.5 Å². The van der Waals surface area contributed by atoms with Crippen LogP contribution in [-0.2, 0) is 21.2 Å². The molecule has 2 aromatic rings. The number of fused-ring (bicyclic) bond motifs is 1. The highest BCUT2D eigenvalue weighted by molar-refractivity contribution is 7.89. The van der Waals surface area contributed by atoms with Gasteiger partial charge in [-0.3, -0.25) is 4.79 Å². The first-order valence-corrected chi connectivity index (χ1v) is 14.5. The van der Waals surface area contributed by atoms with Gasteiger partial charge in [-0.05, 0) is 61.6 Å². The third kappa shape index (κ3) is 6.36. The maximum absolute atomic E-state index is 13.8. The molecule has 1 heterocycles. The number of benzene rings is 2. The Labute approximate surface area is 213 Å². The summed E-state index contributed by atoms with van der Waals surface area (Å²) in [6.45, 7) is 6.40. The average Bonchev–Trinajstić information content (AvgIpc) is 2.87. The monoisotopic (exact) mass is 518 g/mol. The van der Waals surface area contributed by atoms with Crippen LogP contribution in [0.1, 0.15) is 49.8 Å². The van der Waals surface area contributed by atoms with Gasteiger partial charge in [-0.1, -0.05) is 31.2 Å². The molecule has 0 bridgehead atoms. The molecule has 2 N–H and O–H groups in total. The zero-order chi connectivity index (χ0) is 24.8. The molecule has 2 aromatic carbocycles. The Morgan fingerprint density at radius 3 is 2.63 bits per heavy atom. The summed E-state index contributed by atoms with van der Waals surface area (Å²) in [4.78, 5) is 17.0. The summed E-state index contributed by atoms with van der Waals surface area (Å²) in [6.07, 6.45) is 3.53. The SMILES string of the molecule is CCN1CCN(c2ccc(NC(=O)CCCCl)cc2S(=O)(=O)N[C@@H]2CCCc3ccccc32)CC1. The van der Waals surface area contributed by atoms with E-state index in [4.69, 9.17) is 11.6 Å². The summed E-state index contributed by atoms with van der Waals surface area (Å²) in [5.41, 5.74) is 3.40. The quantitative estimate of drug-likeness (QED) is 0.487. The first-order chi connectivity index (χ1) is 16.9. The Morgan fingerprint density at radius 2 is 1.89 bits per heavy atom. The van der Waals surface area contributed by atoms with Gasteiger partial charge in [-0.15, -0.1) is 11.6 Å². The molecule has 0 spiro atoms. The van der Waals surface area contributed by atoms with Crippen LogP contribution in [0.25, 0.3) is 0 Å². The number of carbonyl (C=O) groups excluding carboxylic acids is 1. The van der Waals surface area contributed by atoms with Gasteiger partial charge in [-0.2, -0.15) is 0 Å². The van der Waals surface area contributed by atoms with E-state index in [1.54, 1.807) is 12.1 Å². The Hall–Kier alpha value is -2.13. The minimum absolute atomic E-state index is 0.174. The van der Waals surface area contributed by atoms with E-state index in [2.05, 4.69) is 32.8 Å². The van der Waals surface area contributed by atoms with Crippen LogP contribution in [0.4, 0.5) is 11.4 Å². The Bertz CT molecular complexity index is 1130. The van der Waals surface area contributed by atoms with Gasteiger partial charge in [0.25, 0.3) is 0 Å². The molecule has 1 saturated heterocycles. The Balaban J connectivity index is 1.64. The first-order valence-electron chi connectivity index (χ1n) is 12.5. The van der Waals surface area contributed by atoms with Crippen molar-refractivity contribution in [2.24, 2.45) is 0 Å². The molecular weight excluding hydrogens is 484 g/mol. The predicted octanol–water partition coefficient (Wildman–Crippen LogP) is 4.14. The summed E-state index contributed by atoms with van der Waals surface area (Å²) in [7, 11) is -3.85. The number of hydrogen-bond acceptors (Lipinski definition) is 5. The van der Waals surface area contributed by atoms with Crippen LogP contribution in [0.2, 0.25) is 0 Å². The maximum Gasteiger partial charge on any atom is 0.243 e. The van der Waals surface area contributed by atoms with E-state index in [0.29, 0.717) is 30.1 Å². The lowest BCUT2D eigenvalue weighted by Gasteiger charge is -2.36. The van der Waals surface area contributed by atoms with Crippen LogP contribution in [0.5, 0.6) is 0 Å². The van der Waals surface area contributed by atoms with Crippen molar-refractivity contribution in [2.45, 2.75) is 50.0 Å². The number of halogens is 1. The van der Waals surface area contributed by atoms with Crippen molar-refractivity contribution in [2.75, 3.05) is 48.8 Å². The first kappa shape index (κ1) is 25.9. The molecule has 190 valence electrons. The molecule has 0 radical (unpaired) electrons. The topological polar surface area (TPSA) is 81.8 Å². The normalized spacial score (nSPS) is 18.8. The third-order valence-corrected chi connectivity index (χ3v) is 8.67. The van der Waals surface area contributed by atoms with Gasteiger partial charge in [0, 0.05) is 50.2 Å². The lowest BCUT2D eigenvalue weighted by Crippen LogP contribution is -2.46. The van der Waals surface area contributed by atoms with Crippen molar-refractivity contribution in [1.29, 1.82) is 0 Å². The van der Waals surface area contributed by atoms with Crippen LogP contribution in [-0.4, -0.2) is 57.8 Å². The molecule has 7 nitrogen and oxygen atoms in total. The molecule has 1 fully saturated rings. The van der Waals surface area contributed by atoms with Gasteiger partial charge < -0.3 is 15.1 Å². The van der Waals surface area contributed by atoms with Crippen molar-refractivity contribution in [3.05, 3.63) is 53.6 Å². The van der Waals surface area contributed by atoms with Crippen LogP contribution in [0.3, 0.4) is 0 Å². The average molecular weight is 519 g/mol. The summed E-state index contributed by atoms with van der Waals surface area (Å²) in [5, 5.41) is 2.84. The lowest BCUT2D eigenvalue weighted by atomic mass is 9.88. The fourth-order valence-corrected chi connectivity index (χ4v) is 6.59. The number of amides is 1. The van der Waals surface area contributed by atoms with Gasteiger partial charge in [0.1, 0.15) is 4.90 Å². The minimum atomic E-state index is -3.85. The fourth-order valence-electron chi connectivity index (χ4n) is 4.95. The molecule has 0 aromatic heterocycles. The number of hydrogen-bond donors (Lipinski definition) is 2. The number of anilines is 2. The number of alkyl halides is 1. The molecule has 0 saturated carbocycles. The van der Waals surface area contributed by atoms with E-state index >= 15 is 0 Å². The number of sulfonamides is 1. The van der Waals surface area contributed by atoms with Crippen molar-refractivity contribution in [3.8, 4) is 0 Å². The second kappa shape index (κ2) is 11.7. The second-order valence-electron chi connectivity index (χ2n) is 9.21. The van der Waals surface area contributed by atoms with Gasteiger partial charge >= 0.3 is 0 Å². The van der Waals surface area contributed by atoms with Crippen molar-refractivity contribution in [1.82, 2.24) is 9.62 Å². The van der Waals surface area contributed by atoms with E-state index in [9.17, 15) is 13.2 Å². The minimum Gasteiger partial charge on any atom is -0.368 e. The van der Waals surface area contributed by atoms with Crippen LogP contribution in [0, 0.1) is 0 Å². The highest BCUT2D eigenvalue weighted by atomic mass is 35.5. The molecule has 1 amide bonds. The highest BCUT2D eigenvalue weighted by Crippen LogP contribution is 2.34. The van der Waals surface area contributed by atoms with Gasteiger partial charge in [0.05, 0.1) is 5.69 Å². The van der Waals surface area contributed by atoms with Crippen molar-refractivity contribution in [3.63, 3.8) is 0 Å². The summed E-state index contributed by atoms with van der Waals surface area (Å²) in [6, 6.07) is 13.0. The standard InChI is InChI=1S/C26H35ClN4O3S/c1-2-30-15-17-31(18-16-30)24-13-12-21(28-26(32)11-6-14-27)19-25(24)35(33,34)29-23-10-5-8-20-7-3-4-9-22(20)23/h3-4,7,9,12-13,19,23,29H,2,5-6,8,10-11,14-18H2,1H3,(H,28,32)/t23-/m1/s1. The molecular formula is C26H35ClN4O3S. The number of aryl methyl sites for hydroxylation is 1. The maximum atomic E-state index is 13.8. The van der Waals surface area contributed by atoms with E-state index < -0.39 is 10.0 Å². The summed E-state index contributed by atoms with van der Waals surface area (Å²) < 4.78 is 30.6. The number of nitrogens with one attached hydrogen (secondary N) is 2. The van der Waals surface area contributed by atoms with Crippen LogP contribution < -0.4 is 14.9 Å². The zero-order valence-electron chi connectivity index (χ0n) is 20.3.